The summed E-state index contributed by atoms with van der Waals surface area (Å²) in [7, 11) is 3.49. The molecule has 0 radical (unpaired) electrons. The van der Waals surface area contributed by atoms with Crippen LogP contribution in [0.15, 0.2) is 41.3 Å². The summed E-state index contributed by atoms with van der Waals surface area (Å²) in [6.45, 7) is 3.46. The average molecular weight is 397 g/mol. The highest BCUT2D eigenvalue weighted by Crippen LogP contribution is 2.39. The van der Waals surface area contributed by atoms with E-state index in [1.165, 1.54) is 11.1 Å². The lowest BCUT2D eigenvalue weighted by atomic mass is 9.85. The van der Waals surface area contributed by atoms with E-state index in [9.17, 15) is 5.11 Å². The molecular weight excluding hydrogens is 375 g/mol. The van der Waals surface area contributed by atoms with Crippen molar-refractivity contribution in [1.29, 1.82) is 0 Å². The van der Waals surface area contributed by atoms with Crippen molar-refractivity contribution >= 4 is 38.9 Å². The van der Waals surface area contributed by atoms with Gasteiger partial charge in [-0.2, -0.15) is 0 Å². The van der Waals surface area contributed by atoms with Crippen molar-refractivity contribution in [2.45, 2.75) is 24.3 Å². The molecule has 0 amide bonds. The van der Waals surface area contributed by atoms with Gasteiger partial charge in [-0.05, 0) is 62.0 Å². The maximum Gasteiger partial charge on any atom is 0.0870 e. The molecule has 1 aliphatic rings. The summed E-state index contributed by atoms with van der Waals surface area (Å²) in [5.41, 5.74) is 3.55. The fourth-order valence-electron chi connectivity index (χ4n) is 3.42. The predicted molar refractivity (Wildman–Crippen MR) is 109 cm³/mol. The minimum Gasteiger partial charge on any atom is -0.358 e. The first kappa shape index (κ1) is 18.9. The summed E-state index contributed by atoms with van der Waals surface area (Å²) in [6.07, 6.45) is 0. The first-order valence-electron chi connectivity index (χ1n) is 8.11. The van der Waals surface area contributed by atoms with Crippen molar-refractivity contribution in [3.8, 4) is 0 Å². The minimum absolute atomic E-state index is 0.200. The van der Waals surface area contributed by atoms with Gasteiger partial charge in [0.25, 0.3) is 0 Å². The van der Waals surface area contributed by atoms with Crippen LogP contribution in [0.4, 0.5) is 0 Å². The first-order valence-corrected chi connectivity index (χ1v) is 10.1. The van der Waals surface area contributed by atoms with Gasteiger partial charge >= 0.3 is 0 Å². The van der Waals surface area contributed by atoms with E-state index in [4.69, 9.17) is 23.2 Å². The molecule has 3 nitrogen and oxygen atoms in total. The zero-order chi connectivity index (χ0) is 18.1. The number of nitrogens with one attached hydrogen (secondary N) is 1. The van der Waals surface area contributed by atoms with Crippen LogP contribution >= 0.6 is 33.9 Å². The van der Waals surface area contributed by atoms with E-state index >= 15 is 0 Å². The lowest BCUT2D eigenvalue weighted by molar-refractivity contribution is 0.295. The van der Waals surface area contributed by atoms with Gasteiger partial charge in [-0.3, -0.25) is 4.72 Å². The normalized spacial score (nSPS) is 19.4. The smallest absolute Gasteiger partial charge is 0.0870 e. The summed E-state index contributed by atoms with van der Waals surface area (Å²) in [6, 6.07) is 12.2. The van der Waals surface area contributed by atoms with Gasteiger partial charge < -0.3 is 10.0 Å². The Labute approximate surface area is 161 Å². The number of rotatable bonds is 3. The quantitative estimate of drug-likeness (QED) is 0.713. The highest BCUT2D eigenvalue weighted by Gasteiger charge is 2.27. The molecule has 3 rings (SSSR count). The van der Waals surface area contributed by atoms with Gasteiger partial charge in [-0.25, -0.2) is 0 Å². The van der Waals surface area contributed by atoms with Crippen LogP contribution in [0.25, 0.3) is 0 Å². The monoisotopic (exact) mass is 396 g/mol. The average Bonchev–Trinajstić information content (AvgIpc) is 2.55. The van der Waals surface area contributed by atoms with E-state index in [2.05, 4.69) is 28.8 Å². The molecule has 2 aromatic carbocycles. The lowest BCUT2D eigenvalue weighted by Gasteiger charge is -2.33. The van der Waals surface area contributed by atoms with Crippen molar-refractivity contribution in [3.63, 3.8) is 0 Å². The highest BCUT2D eigenvalue weighted by molar-refractivity contribution is 8.14. The molecule has 0 bridgehead atoms. The standard InChI is InChI=1S/C19H22Cl2N2OS/c1-12(24)25(22-2)15-6-4-5-13(7-15)17-10-23(3)11-18-16(17)8-14(20)9-19(18)21/h4-9,17,22,24H,10-11H2,1-3H3. The number of aliphatic hydroxyl groups excluding tert-OH is 1. The fourth-order valence-corrected chi connectivity index (χ4v) is 5.33. The molecule has 1 aliphatic heterocycles. The van der Waals surface area contributed by atoms with Crippen molar-refractivity contribution < 1.29 is 5.11 Å². The molecule has 1 heterocycles. The largest absolute Gasteiger partial charge is 0.358 e. The molecule has 0 aromatic heterocycles. The van der Waals surface area contributed by atoms with Crippen molar-refractivity contribution in [2.24, 2.45) is 0 Å². The van der Waals surface area contributed by atoms with Crippen molar-refractivity contribution in [3.05, 3.63) is 63.1 Å². The van der Waals surface area contributed by atoms with E-state index in [-0.39, 0.29) is 5.92 Å². The van der Waals surface area contributed by atoms with E-state index in [0.29, 0.717) is 10.1 Å². The summed E-state index contributed by atoms with van der Waals surface area (Å²) in [5.74, 6) is 0.200. The fraction of sp³-hybridized carbons (Fsp3) is 0.316. The summed E-state index contributed by atoms with van der Waals surface area (Å²) < 4.78 is 3.18. The molecule has 0 aliphatic carbocycles. The van der Waals surface area contributed by atoms with E-state index in [1.807, 2.05) is 31.3 Å². The Morgan fingerprint density at radius 1 is 1.28 bits per heavy atom. The van der Waals surface area contributed by atoms with Crippen LogP contribution < -0.4 is 4.72 Å². The maximum atomic E-state index is 9.96. The Balaban J connectivity index is 2.11. The van der Waals surface area contributed by atoms with Crippen LogP contribution in [-0.2, 0) is 6.54 Å². The SMILES string of the molecule is CN/S(=C(/C)O)c1cccc(C2CN(C)Cc3c(Cl)cc(Cl)cc32)c1. The number of benzene rings is 2. The number of hydrogen-bond acceptors (Lipinski definition) is 2. The second-order valence-corrected chi connectivity index (χ2v) is 9.23. The Hall–Kier alpha value is -0.880. The lowest BCUT2D eigenvalue weighted by Crippen LogP contribution is -2.31. The zero-order valence-corrected chi connectivity index (χ0v) is 16.8. The Bertz CT molecular complexity index is 834. The van der Waals surface area contributed by atoms with Crippen molar-refractivity contribution in [2.75, 3.05) is 20.6 Å². The molecule has 6 heteroatoms. The molecule has 2 unspecified atom stereocenters. The van der Waals surface area contributed by atoms with E-state index in [0.717, 1.165) is 28.6 Å². The van der Waals surface area contributed by atoms with Crippen LogP contribution in [0.1, 0.15) is 29.5 Å². The van der Waals surface area contributed by atoms with Crippen LogP contribution in [0, 0.1) is 0 Å². The molecule has 0 spiro atoms. The second kappa shape index (κ2) is 7.78. The summed E-state index contributed by atoms with van der Waals surface area (Å²) >= 11 is 12.7. The highest BCUT2D eigenvalue weighted by atomic mass is 35.5. The van der Waals surface area contributed by atoms with Gasteiger partial charge in [0.1, 0.15) is 0 Å². The number of likely N-dealkylation sites (N-methyl/N-ethyl adjacent to an activating group) is 1. The molecule has 134 valence electrons. The molecule has 2 atom stereocenters. The minimum atomic E-state index is -0.480. The van der Waals surface area contributed by atoms with Crippen LogP contribution in [0.2, 0.25) is 10.0 Å². The van der Waals surface area contributed by atoms with Crippen molar-refractivity contribution in [1.82, 2.24) is 9.62 Å². The Morgan fingerprint density at radius 3 is 2.72 bits per heavy atom. The third-order valence-electron chi connectivity index (χ3n) is 4.49. The van der Waals surface area contributed by atoms with Gasteiger partial charge in [0.05, 0.1) is 5.05 Å². The molecular formula is C19H22Cl2N2OS. The molecule has 0 fully saturated rings. The van der Waals surface area contributed by atoms with E-state index < -0.39 is 10.7 Å². The second-order valence-electron chi connectivity index (χ2n) is 6.31. The van der Waals surface area contributed by atoms with Gasteiger partial charge in [-0.1, -0.05) is 46.0 Å². The summed E-state index contributed by atoms with van der Waals surface area (Å²) in [5, 5.41) is 11.7. The third-order valence-corrected chi connectivity index (χ3v) is 6.77. The van der Waals surface area contributed by atoms with Crippen LogP contribution in [-0.4, -0.2) is 35.7 Å². The van der Waals surface area contributed by atoms with Gasteiger partial charge in [-0.15, -0.1) is 0 Å². The third kappa shape index (κ3) is 3.95. The predicted octanol–water partition coefficient (Wildman–Crippen LogP) is 5.04. The van der Waals surface area contributed by atoms with E-state index in [1.54, 1.807) is 6.92 Å². The molecule has 25 heavy (non-hydrogen) atoms. The Morgan fingerprint density at radius 2 is 2.04 bits per heavy atom. The maximum absolute atomic E-state index is 9.96. The number of fused-ring (bicyclic) bond motifs is 1. The van der Waals surface area contributed by atoms with Gasteiger partial charge in [0, 0.05) is 33.9 Å². The zero-order valence-electron chi connectivity index (χ0n) is 14.5. The van der Waals surface area contributed by atoms with Gasteiger partial charge in [0.15, 0.2) is 0 Å². The number of halogens is 2. The van der Waals surface area contributed by atoms with Crippen LogP contribution in [0.5, 0.6) is 0 Å². The number of aliphatic hydroxyl groups is 1. The molecule has 2 aromatic rings. The molecule has 0 saturated heterocycles. The van der Waals surface area contributed by atoms with Crippen LogP contribution in [0.3, 0.4) is 0 Å². The first-order chi connectivity index (χ1) is 11.9. The molecule has 0 saturated carbocycles. The summed E-state index contributed by atoms with van der Waals surface area (Å²) in [4.78, 5) is 3.35. The molecule has 2 N–H and O–H groups in total. The topological polar surface area (TPSA) is 35.5 Å². The number of nitrogens with zero attached hydrogens (tertiary/aromatic N) is 1. The number of hydrogen-bond donors (Lipinski definition) is 2. The van der Waals surface area contributed by atoms with Gasteiger partial charge in [0.2, 0.25) is 0 Å². The Kier molecular flexibility index (Phi) is 5.88.